The van der Waals surface area contributed by atoms with Gasteiger partial charge in [-0.05, 0) is 22.6 Å². The highest BCUT2D eigenvalue weighted by atomic mass is 79.9. The molecule has 0 N–H and O–H groups in total. The Morgan fingerprint density at radius 3 is 3.00 bits per heavy atom. The van der Waals surface area contributed by atoms with Crippen molar-refractivity contribution in [2.75, 3.05) is 0 Å². The second kappa shape index (κ2) is 4.50. The topological polar surface area (TPSA) is 52.7 Å². The Kier molecular flexibility index (Phi) is 1.89. The summed E-state index contributed by atoms with van der Waals surface area (Å²) in [4.78, 5) is 12.1. The van der Waals surface area contributed by atoms with Crippen LogP contribution in [0.3, 0.4) is 0 Å². The van der Waals surface area contributed by atoms with Crippen LogP contribution in [0.4, 0.5) is 0 Å². The number of halogens is 2. The summed E-state index contributed by atoms with van der Waals surface area (Å²) in [7, 11) is 0. The van der Waals surface area contributed by atoms with E-state index in [1.54, 1.807) is 12.1 Å². The summed E-state index contributed by atoms with van der Waals surface area (Å²) >= 11 is 6.08. The van der Waals surface area contributed by atoms with Crippen molar-refractivity contribution >= 4 is 31.9 Å². The molecule has 84 valence electrons. The molecule has 0 saturated heterocycles. The number of benzene rings is 1. The second-order valence-corrected chi connectivity index (χ2v) is 4.06. The van der Waals surface area contributed by atoms with Crippen molar-refractivity contribution in [2.45, 2.75) is 5.28 Å². The number of tetrazole rings is 1. The molecule has 1 aromatic carbocycles. The van der Waals surface area contributed by atoms with Crippen molar-refractivity contribution in [3.8, 4) is 5.69 Å². The lowest BCUT2D eigenvalue weighted by atomic mass is 10.2. The molecule has 0 unspecified atom stereocenters. The molecule has 0 aliphatic rings. The van der Waals surface area contributed by atoms with Crippen molar-refractivity contribution in [1.29, 1.82) is 0 Å². The van der Waals surface area contributed by atoms with Gasteiger partial charge in [0, 0.05) is 29.1 Å². The predicted octanol–water partition coefficient (Wildman–Crippen LogP) is 1.62. The van der Waals surface area contributed by atoms with Crippen LogP contribution in [0.5, 0.6) is 0 Å². The third-order valence-corrected chi connectivity index (χ3v) is 2.95. The van der Waals surface area contributed by atoms with Crippen molar-refractivity contribution in [2.24, 2.45) is 6.98 Å². The van der Waals surface area contributed by atoms with E-state index >= 15 is 0 Å². The third-order valence-electron chi connectivity index (χ3n) is 1.90. The van der Waals surface area contributed by atoms with E-state index in [4.69, 9.17) is 6.85 Å². The summed E-state index contributed by atoms with van der Waals surface area (Å²) in [6, 6.07) is 4.61. The minimum absolute atomic E-state index is 0.0896. The SMILES string of the molecule is [2H]C([2H])(Br)c1c(Br)cccc1-n1nnn(C([2H])([2H])[2H])c1=O. The summed E-state index contributed by atoms with van der Waals surface area (Å²) in [5.74, 6) is 0. The highest BCUT2D eigenvalue weighted by Crippen LogP contribution is 2.24. The van der Waals surface area contributed by atoms with Crippen LogP contribution in [0.2, 0.25) is 0 Å². The van der Waals surface area contributed by atoms with Gasteiger partial charge < -0.3 is 0 Å². The summed E-state index contributed by atoms with van der Waals surface area (Å²) in [5.41, 5.74) is -0.789. The number of alkyl halides is 1. The zero-order valence-corrected chi connectivity index (χ0v) is 10.9. The Morgan fingerprint density at radius 1 is 1.56 bits per heavy atom. The minimum atomic E-state index is -2.76. The molecule has 0 aliphatic carbocycles. The molecular weight excluding hydrogens is 340 g/mol. The molecule has 0 saturated carbocycles. The lowest BCUT2D eigenvalue weighted by Gasteiger charge is -2.06. The predicted molar refractivity (Wildman–Crippen MR) is 66.9 cm³/mol. The zero-order chi connectivity index (χ0) is 16.0. The quantitative estimate of drug-likeness (QED) is 0.772. The normalized spacial score (nSPS) is 17.0. The number of nitrogens with zero attached hydrogens (tertiary/aromatic N) is 4. The molecule has 5 nitrogen and oxygen atoms in total. The summed E-state index contributed by atoms with van der Waals surface area (Å²) in [6.45, 7) is -2.76. The first-order chi connectivity index (χ1) is 9.53. The Balaban J connectivity index is 2.73. The van der Waals surface area contributed by atoms with Gasteiger partial charge in [-0.15, -0.1) is 0 Å². The van der Waals surface area contributed by atoms with Gasteiger partial charge in [0.1, 0.15) is 0 Å². The Hall–Kier alpha value is -0.950. The number of aromatic nitrogens is 4. The molecule has 2 aromatic rings. The van der Waals surface area contributed by atoms with Gasteiger partial charge in [-0.25, -0.2) is 4.79 Å². The Morgan fingerprint density at radius 2 is 2.38 bits per heavy atom. The van der Waals surface area contributed by atoms with E-state index in [0.717, 1.165) is 4.68 Å². The smallest absolute Gasteiger partial charge is 0.244 e. The van der Waals surface area contributed by atoms with Gasteiger partial charge in [-0.1, -0.05) is 37.9 Å². The summed E-state index contributed by atoms with van der Waals surface area (Å²) in [6.07, 6.45) is 0. The molecule has 0 aliphatic heterocycles. The van der Waals surface area contributed by atoms with Crippen LogP contribution in [-0.2, 0) is 12.3 Å². The van der Waals surface area contributed by atoms with Crippen LogP contribution < -0.4 is 5.69 Å². The zero-order valence-electron chi connectivity index (χ0n) is 12.7. The van der Waals surface area contributed by atoms with E-state index in [2.05, 4.69) is 42.3 Å². The van der Waals surface area contributed by atoms with E-state index in [1.165, 1.54) is 6.07 Å². The van der Waals surface area contributed by atoms with Crippen molar-refractivity contribution in [3.63, 3.8) is 0 Å². The molecule has 0 fully saturated rings. The van der Waals surface area contributed by atoms with Gasteiger partial charge in [0.2, 0.25) is 0 Å². The summed E-state index contributed by atoms with van der Waals surface area (Å²) in [5, 5.41) is 4.88. The van der Waals surface area contributed by atoms with E-state index in [-0.39, 0.29) is 15.9 Å². The van der Waals surface area contributed by atoms with Crippen LogP contribution in [0, 0.1) is 0 Å². The molecular formula is C9H8Br2N4O. The average Bonchev–Trinajstić information content (AvgIpc) is 2.68. The highest BCUT2D eigenvalue weighted by Gasteiger charge is 2.12. The number of hydrogen-bond donors (Lipinski definition) is 0. The lowest BCUT2D eigenvalue weighted by molar-refractivity contribution is 0.692. The number of rotatable bonds is 2. The van der Waals surface area contributed by atoms with Crippen molar-refractivity contribution in [3.05, 3.63) is 38.7 Å². The molecule has 0 bridgehead atoms. The van der Waals surface area contributed by atoms with Crippen LogP contribution in [0.25, 0.3) is 5.69 Å². The molecule has 0 atom stereocenters. The second-order valence-electron chi connectivity index (χ2n) is 2.81. The molecule has 0 radical (unpaired) electrons. The number of hydrogen-bond acceptors (Lipinski definition) is 3. The Labute approximate surface area is 115 Å². The van der Waals surface area contributed by atoms with E-state index in [9.17, 15) is 4.79 Å². The van der Waals surface area contributed by atoms with Gasteiger partial charge >= 0.3 is 5.69 Å². The average molecular weight is 353 g/mol. The van der Waals surface area contributed by atoms with Gasteiger partial charge in [0.15, 0.2) is 0 Å². The van der Waals surface area contributed by atoms with Crippen LogP contribution in [0.1, 0.15) is 12.4 Å². The van der Waals surface area contributed by atoms with E-state index < -0.39 is 17.9 Å². The minimum Gasteiger partial charge on any atom is -0.244 e. The van der Waals surface area contributed by atoms with Crippen molar-refractivity contribution < 1.29 is 6.85 Å². The fraction of sp³-hybridized carbons (Fsp3) is 0.222. The molecule has 1 heterocycles. The van der Waals surface area contributed by atoms with Gasteiger partial charge in [0.25, 0.3) is 0 Å². The van der Waals surface area contributed by atoms with E-state index in [1.807, 2.05) is 0 Å². The monoisotopic (exact) mass is 351 g/mol. The first-order valence-electron chi connectivity index (χ1n) is 6.57. The standard InChI is InChI=1S/C9H8Br2N4O/c1-14-9(16)15(13-12-14)8-4-2-3-7(11)6(8)5-10/h2-4H,5H2,1H3/i1D3,5D2. The van der Waals surface area contributed by atoms with Gasteiger partial charge in [-0.2, -0.15) is 9.36 Å². The maximum atomic E-state index is 12.1. The maximum absolute atomic E-state index is 12.1. The van der Waals surface area contributed by atoms with Crippen LogP contribution in [-0.4, -0.2) is 19.8 Å². The molecule has 0 amide bonds. The highest BCUT2D eigenvalue weighted by molar-refractivity contribution is 9.10. The molecule has 1 aromatic heterocycles. The molecule has 16 heavy (non-hydrogen) atoms. The molecule has 0 spiro atoms. The first kappa shape index (κ1) is 6.70. The van der Waals surface area contributed by atoms with Gasteiger partial charge in [-0.3, -0.25) is 0 Å². The largest absolute Gasteiger partial charge is 0.368 e. The maximum Gasteiger partial charge on any atom is 0.368 e. The van der Waals surface area contributed by atoms with E-state index in [0.29, 0.717) is 4.47 Å². The first-order valence-corrected chi connectivity index (χ1v) is 5.66. The fourth-order valence-electron chi connectivity index (χ4n) is 1.18. The summed E-state index contributed by atoms with van der Waals surface area (Å²) < 4.78 is 38.5. The van der Waals surface area contributed by atoms with Gasteiger partial charge in [0.05, 0.1) is 5.69 Å². The molecule has 7 heteroatoms. The Bertz CT molecular complexity index is 733. The van der Waals surface area contributed by atoms with Crippen LogP contribution in [0.15, 0.2) is 27.5 Å². The van der Waals surface area contributed by atoms with Crippen molar-refractivity contribution in [1.82, 2.24) is 19.8 Å². The number of aryl methyl sites for hydroxylation is 1. The van der Waals surface area contributed by atoms with Crippen LogP contribution >= 0.6 is 31.9 Å². The molecule has 2 rings (SSSR count). The lowest BCUT2D eigenvalue weighted by Crippen LogP contribution is -2.22. The third kappa shape index (κ3) is 1.84. The fourth-order valence-corrected chi connectivity index (χ4v) is 2.32.